The lowest BCUT2D eigenvalue weighted by molar-refractivity contribution is 0.126. The van der Waals surface area contributed by atoms with Crippen LogP contribution in [0.4, 0.5) is 0 Å². The maximum Gasteiger partial charge on any atom is 0.231 e. The average molecular weight is 234 g/mol. The minimum Gasteiger partial charge on any atom is -0.508 e. The van der Waals surface area contributed by atoms with Crippen LogP contribution in [-0.2, 0) is 17.8 Å². The van der Waals surface area contributed by atoms with Gasteiger partial charge in [-0.2, -0.15) is 4.98 Å². The molecule has 0 amide bonds. The van der Waals surface area contributed by atoms with Crippen LogP contribution in [0.5, 0.6) is 5.75 Å². The van der Waals surface area contributed by atoms with Crippen molar-refractivity contribution in [1.29, 1.82) is 0 Å². The fraction of sp³-hybridized carbons (Fsp3) is 0.333. The van der Waals surface area contributed by atoms with Gasteiger partial charge in [0.2, 0.25) is 5.89 Å². The van der Waals surface area contributed by atoms with E-state index in [1.165, 1.54) is 0 Å². The molecule has 1 heterocycles. The second-order valence-corrected chi connectivity index (χ2v) is 3.59. The molecular weight excluding hydrogens is 220 g/mol. The second-order valence-electron chi connectivity index (χ2n) is 3.59. The first-order valence-corrected chi connectivity index (χ1v) is 5.45. The van der Waals surface area contributed by atoms with Crippen LogP contribution < -0.4 is 0 Å². The Bertz CT molecular complexity index is 482. The molecule has 0 saturated carbocycles. The summed E-state index contributed by atoms with van der Waals surface area (Å²) in [6.45, 7) is 2.89. The predicted molar refractivity (Wildman–Crippen MR) is 60.5 cm³/mol. The Balaban J connectivity index is 2.01. The van der Waals surface area contributed by atoms with Crippen molar-refractivity contribution in [2.24, 2.45) is 0 Å². The average Bonchev–Trinajstić information content (AvgIpc) is 2.74. The van der Waals surface area contributed by atoms with Gasteiger partial charge in [0, 0.05) is 6.61 Å². The fourth-order valence-corrected chi connectivity index (χ4v) is 1.45. The van der Waals surface area contributed by atoms with Crippen molar-refractivity contribution >= 4 is 0 Å². The van der Waals surface area contributed by atoms with E-state index in [4.69, 9.17) is 9.26 Å². The molecule has 5 heteroatoms. The van der Waals surface area contributed by atoms with E-state index in [9.17, 15) is 5.11 Å². The first kappa shape index (κ1) is 11.6. The van der Waals surface area contributed by atoms with E-state index in [2.05, 4.69) is 10.1 Å². The van der Waals surface area contributed by atoms with E-state index in [0.717, 1.165) is 5.56 Å². The third-order valence-electron chi connectivity index (χ3n) is 2.21. The highest BCUT2D eigenvalue weighted by molar-refractivity contribution is 5.28. The normalized spacial score (nSPS) is 10.6. The molecule has 2 aromatic rings. The molecule has 0 saturated heterocycles. The van der Waals surface area contributed by atoms with Gasteiger partial charge in [0.05, 0.1) is 6.42 Å². The zero-order valence-electron chi connectivity index (χ0n) is 9.59. The highest BCUT2D eigenvalue weighted by atomic mass is 16.5. The Hall–Kier alpha value is -1.88. The number of aromatic nitrogens is 2. The lowest BCUT2D eigenvalue weighted by Gasteiger charge is -1.97. The van der Waals surface area contributed by atoms with Gasteiger partial charge >= 0.3 is 0 Å². The third kappa shape index (κ3) is 3.29. The predicted octanol–water partition coefficient (Wildman–Crippen LogP) is 1.90. The summed E-state index contributed by atoms with van der Waals surface area (Å²) < 4.78 is 10.3. The lowest BCUT2D eigenvalue weighted by Crippen LogP contribution is -1.94. The molecule has 0 unspecified atom stereocenters. The second kappa shape index (κ2) is 5.45. The summed E-state index contributed by atoms with van der Waals surface area (Å²) in [4.78, 5) is 4.19. The molecule has 90 valence electrons. The van der Waals surface area contributed by atoms with Gasteiger partial charge in [-0.15, -0.1) is 0 Å². The SMILES string of the molecule is CCOCc1noc(Cc2cccc(O)c2)n1. The number of hydrogen-bond donors (Lipinski definition) is 1. The highest BCUT2D eigenvalue weighted by Crippen LogP contribution is 2.14. The summed E-state index contributed by atoms with van der Waals surface area (Å²) in [6, 6.07) is 6.97. The van der Waals surface area contributed by atoms with Crippen molar-refractivity contribution in [3.05, 3.63) is 41.5 Å². The Morgan fingerprint density at radius 3 is 3.06 bits per heavy atom. The van der Waals surface area contributed by atoms with Gasteiger partial charge in [-0.05, 0) is 24.6 Å². The third-order valence-corrected chi connectivity index (χ3v) is 2.21. The first-order valence-electron chi connectivity index (χ1n) is 5.45. The molecule has 0 atom stereocenters. The number of phenolic OH excluding ortho intramolecular Hbond substituents is 1. The van der Waals surface area contributed by atoms with Crippen LogP contribution >= 0.6 is 0 Å². The van der Waals surface area contributed by atoms with Crippen molar-refractivity contribution in [2.45, 2.75) is 20.0 Å². The molecule has 0 bridgehead atoms. The number of benzene rings is 1. The fourth-order valence-electron chi connectivity index (χ4n) is 1.45. The van der Waals surface area contributed by atoms with Crippen LogP contribution in [-0.4, -0.2) is 21.9 Å². The van der Waals surface area contributed by atoms with E-state index in [1.54, 1.807) is 18.2 Å². The minimum absolute atomic E-state index is 0.233. The smallest absolute Gasteiger partial charge is 0.231 e. The zero-order chi connectivity index (χ0) is 12.1. The van der Waals surface area contributed by atoms with Crippen molar-refractivity contribution in [2.75, 3.05) is 6.61 Å². The number of aromatic hydroxyl groups is 1. The first-order chi connectivity index (χ1) is 8.28. The van der Waals surface area contributed by atoms with Crippen molar-refractivity contribution in [3.8, 4) is 5.75 Å². The molecule has 5 nitrogen and oxygen atoms in total. The number of rotatable bonds is 5. The molecule has 0 fully saturated rings. The Morgan fingerprint density at radius 1 is 1.41 bits per heavy atom. The monoisotopic (exact) mass is 234 g/mol. The number of nitrogens with zero attached hydrogens (tertiary/aromatic N) is 2. The van der Waals surface area contributed by atoms with Gasteiger partial charge in [-0.3, -0.25) is 0 Å². The summed E-state index contributed by atoms with van der Waals surface area (Å²) in [6.07, 6.45) is 0.507. The molecule has 0 radical (unpaired) electrons. The van der Waals surface area contributed by atoms with E-state index >= 15 is 0 Å². The molecule has 1 aromatic carbocycles. The highest BCUT2D eigenvalue weighted by Gasteiger charge is 2.07. The van der Waals surface area contributed by atoms with E-state index in [0.29, 0.717) is 31.3 Å². The number of phenols is 1. The van der Waals surface area contributed by atoms with Gasteiger partial charge in [-0.25, -0.2) is 0 Å². The van der Waals surface area contributed by atoms with Crippen LogP contribution in [0.2, 0.25) is 0 Å². The van der Waals surface area contributed by atoms with Crippen LogP contribution in [0.1, 0.15) is 24.2 Å². The minimum atomic E-state index is 0.233. The number of hydrogen-bond acceptors (Lipinski definition) is 5. The van der Waals surface area contributed by atoms with Crippen molar-refractivity contribution in [1.82, 2.24) is 10.1 Å². The molecule has 2 rings (SSSR count). The number of ether oxygens (including phenoxy) is 1. The van der Waals surface area contributed by atoms with Crippen molar-refractivity contribution < 1.29 is 14.4 Å². The summed E-state index contributed by atoms with van der Waals surface area (Å²) in [5, 5.41) is 13.1. The van der Waals surface area contributed by atoms with E-state index in [-0.39, 0.29) is 5.75 Å². The molecule has 0 aliphatic heterocycles. The van der Waals surface area contributed by atoms with Crippen LogP contribution in [0.25, 0.3) is 0 Å². The van der Waals surface area contributed by atoms with Gasteiger partial charge < -0.3 is 14.4 Å². The van der Waals surface area contributed by atoms with Crippen LogP contribution in [0, 0.1) is 0 Å². The van der Waals surface area contributed by atoms with Crippen LogP contribution in [0.15, 0.2) is 28.8 Å². The zero-order valence-corrected chi connectivity index (χ0v) is 9.59. The molecule has 17 heavy (non-hydrogen) atoms. The Morgan fingerprint density at radius 2 is 2.29 bits per heavy atom. The molecule has 1 aromatic heterocycles. The summed E-state index contributed by atoms with van der Waals surface area (Å²) in [7, 11) is 0. The molecular formula is C12H14N2O3. The lowest BCUT2D eigenvalue weighted by atomic mass is 10.1. The summed E-state index contributed by atoms with van der Waals surface area (Å²) in [5.74, 6) is 1.30. The van der Waals surface area contributed by atoms with E-state index in [1.807, 2.05) is 13.0 Å². The maximum absolute atomic E-state index is 9.33. The quantitative estimate of drug-likeness (QED) is 0.855. The van der Waals surface area contributed by atoms with Gasteiger partial charge in [0.25, 0.3) is 0 Å². The molecule has 1 N–H and O–H groups in total. The molecule has 0 aliphatic carbocycles. The molecule has 0 aliphatic rings. The summed E-state index contributed by atoms with van der Waals surface area (Å²) in [5.41, 5.74) is 0.927. The Labute approximate surface area is 99.0 Å². The van der Waals surface area contributed by atoms with Crippen LogP contribution in [0.3, 0.4) is 0 Å². The molecule has 0 spiro atoms. The Kier molecular flexibility index (Phi) is 3.72. The van der Waals surface area contributed by atoms with E-state index < -0.39 is 0 Å². The topological polar surface area (TPSA) is 68.4 Å². The standard InChI is InChI=1S/C12H14N2O3/c1-2-16-8-11-13-12(17-14-11)7-9-4-3-5-10(15)6-9/h3-6,15H,2,7-8H2,1H3. The van der Waals surface area contributed by atoms with Gasteiger partial charge in [0.1, 0.15) is 12.4 Å². The largest absolute Gasteiger partial charge is 0.508 e. The van der Waals surface area contributed by atoms with Gasteiger partial charge in [0.15, 0.2) is 5.82 Å². The maximum atomic E-state index is 9.33. The van der Waals surface area contributed by atoms with Crippen molar-refractivity contribution in [3.63, 3.8) is 0 Å². The van der Waals surface area contributed by atoms with Gasteiger partial charge in [-0.1, -0.05) is 17.3 Å². The summed E-state index contributed by atoms with van der Waals surface area (Å²) >= 11 is 0.